The van der Waals surface area contributed by atoms with Gasteiger partial charge >= 0.3 is 0 Å². The molecule has 1 fully saturated rings. The lowest BCUT2D eigenvalue weighted by Gasteiger charge is -2.07. The van der Waals surface area contributed by atoms with Crippen molar-refractivity contribution in [3.63, 3.8) is 0 Å². The predicted molar refractivity (Wildman–Crippen MR) is 134 cm³/mol. The maximum absolute atomic E-state index is 12.8. The van der Waals surface area contributed by atoms with E-state index in [1.54, 1.807) is 30.7 Å². The summed E-state index contributed by atoms with van der Waals surface area (Å²) in [6.07, 6.45) is 8.62. The van der Waals surface area contributed by atoms with Crippen molar-refractivity contribution in [1.29, 1.82) is 0 Å². The number of ketones is 1. The van der Waals surface area contributed by atoms with Gasteiger partial charge in [-0.15, -0.1) is 0 Å². The normalized spacial score (nSPS) is 17.2. The lowest BCUT2D eigenvalue weighted by molar-refractivity contribution is -0.119. The van der Waals surface area contributed by atoms with Crippen LogP contribution < -0.4 is 0 Å². The molecule has 2 aromatic heterocycles. The maximum atomic E-state index is 12.8. The lowest BCUT2D eigenvalue weighted by atomic mass is 10.0. The number of fused-ring (bicyclic) bond motifs is 1. The Bertz CT molecular complexity index is 1400. The van der Waals surface area contributed by atoms with E-state index in [-0.39, 0.29) is 30.8 Å². The fraction of sp³-hybridized carbons (Fsp3) is 0.250. The van der Waals surface area contributed by atoms with Crippen molar-refractivity contribution in [2.45, 2.75) is 37.5 Å². The largest absolute Gasteiger partial charge is 0.299 e. The van der Waals surface area contributed by atoms with Crippen LogP contribution in [0.15, 0.2) is 90.3 Å². The topological polar surface area (TPSA) is 77.0 Å². The van der Waals surface area contributed by atoms with Crippen LogP contribution in [0.3, 0.4) is 0 Å². The van der Waals surface area contributed by atoms with E-state index in [1.165, 1.54) is 0 Å². The van der Waals surface area contributed by atoms with Crippen molar-refractivity contribution in [2.24, 2.45) is 5.92 Å². The summed E-state index contributed by atoms with van der Waals surface area (Å²) in [5.41, 5.74) is 2.95. The number of Topliss-reactive ketones (excluding diaryl/α,β-unsaturated/α-hetero) is 1. The van der Waals surface area contributed by atoms with Gasteiger partial charge < -0.3 is 0 Å². The molecule has 1 saturated carbocycles. The minimum absolute atomic E-state index is 0. The van der Waals surface area contributed by atoms with Crippen LogP contribution in [-0.2, 0) is 27.5 Å². The van der Waals surface area contributed by atoms with Crippen molar-refractivity contribution >= 4 is 26.4 Å². The van der Waals surface area contributed by atoms with Gasteiger partial charge in [0.1, 0.15) is 5.78 Å². The smallest absolute Gasteiger partial charge is 0.178 e. The first kappa shape index (κ1) is 23.8. The molecule has 2 aromatic carbocycles. The summed E-state index contributed by atoms with van der Waals surface area (Å²) in [7, 11) is -3.37. The van der Waals surface area contributed by atoms with Gasteiger partial charge in [-0.25, -0.2) is 8.42 Å². The summed E-state index contributed by atoms with van der Waals surface area (Å²) >= 11 is 0. The van der Waals surface area contributed by atoms with E-state index in [0.717, 1.165) is 33.9 Å². The molecule has 1 aliphatic carbocycles. The van der Waals surface area contributed by atoms with E-state index >= 15 is 0 Å². The van der Waals surface area contributed by atoms with E-state index in [0.29, 0.717) is 17.7 Å². The first-order valence-electron chi connectivity index (χ1n) is 11.1. The molecular formula is C28H28N2O3S. The Morgan fingerprint density at radius 3 is 2.44 bits per heavy atom. The number of carbonyl (C=O) groups excluding carboxylic acids is 1. The highest BCUT2D eigenvalue weighted by molar-refractivity contribution is 7.91. The lowest BCUT2D eigenvalue weighted by Crippen LogP contribution is -2.09. The Kier molecular flexibility index (Phi) is 6.89. The highest BCUT2D eigenvalue weighted by Crippen LogP contribution is 2.48. The van der Waals surface area contributed by atoms with Gasteiger partial charge in [0.25, 0.3) is 0 Å². The van der Waals surface area contributed by atoms with Crippen LogP contribution in [-0.4, -0.2) is 29.9 Å². The molecule has 2 heterocycles. The zero-order valence-electron chi connectivity index (χ0n) is 18.1. The molecule has 34 heavy (non-hydrogen) atoms. The number of hydrogen-bond acceptors (Lipinski definition) is 5. The molecule has 1 aliphatic rings. The maximum Gasteiger partial charge on any atom is 0.178 e. The highest BCUT2D eigenvalue weighted by atomic mass is 32.2. The zero-order valence-corrected chi connectivity index (χ0v) is 18.9. The molecule has 0 saturated heterocycles. The Balaban J connectivity index is 0.00000274. The summed E-state index contributed by atoms with van der Waals surface area (Å²) in [5, 5.41) is 2.15. The third kappa shape index (κ3) is 5.23. The van der Waals surface area contributed by atoms with Crippen molar-refractivity contribution in [1.82, 2.24) is 9.97 Å². The number of rotatable bonds is 8. The molecule has 0 radical (unpaired) electrons. The van der Waals surface area contributed by atoms with Gasteiger partial charge in [0.05, 0.1) is 10.6 Å². The molecule has 0 bridgehead atoms. The minimum Gasteiger partial charge on any atom is -0.299 e. The van der Waals surface area contributed by atoms with Crippen molar-refractivity contribution < 1.29 is 13.2 Å². The fourth-order valence-electron chi connectivity index (χ4n) is 4.33. The summed E-state index contributed by atoms with van der Waals surface area (Å²) in [4.78, 5) is 21.3. The number of sulfone groups is 1. The molecule has 6 heteroatoms. The van der Waals surface area contributed by atoms with Crippen LogP contribution in [0.4, 0.5) is 0 Å². The van der Waals surface area contributed by atoms with Gasteiger partial charge in [-0.1, -0.05) is 43.8 Å². The Hall–Kier alpha value is -3.38. The number of aryl methyl sites for hydroxylation is 1. The van der Waals surface area contributed by atoms with E-state index in [4.69, 9.17) is 0 Å². The average molecular weight is 473 g/mol. The van der Waals surface area contributed by atoms with Crippen LogP contribution in [0, 0.1) is 5.92 Å². The Labute approximate surface area is 200 Å². The second kappa shape index (κ2) is 9.85. The van der Waals surface area contributed by atoms with Crippen LogP contribution in [0.25, 0.3) is 10.8 Å². The summed E-state index contributed by atoms with van der Waals surface area (Å²) in [6.45, 7) is 0. The quantitative estimate of drug-likeness (QED) is 0.352. The van der Waals surface area contributed by atoms with E-state index < -0.39 is 9.84 Å². The van der Waals surface area contributed by atoms with Gasteiger partial charge in [0.15, 0.2) is 9.84 Å². The molecule has 4 aromatic rings. The average Bonchev–Trinajstić information content (AvgIpc) is 3.65. The molecule has 0 aliphatic heterocycles. The number of pyridine rings is 2. The van der Waals surface area contributed by atoms with Gasteiger partial charge in [0, 0.05) is 42.5 Å². The summed E-state index contributed by atoms with van der Waals surface area (Å²) in [6, 6.07) is 18.7. The first-order valence-corrected chi connectivity index (χ1v) is 12.7. The third-order valence-corrected chi connectivity index (χ3v) is 8.07. The number of benzene rings is 2. The van der Waals surface area contributed by atoms with Gasteiger partial charge in [-0.05, 0) is 65.1 Å². The Morgan fingerprint density at radius 2 is 1.68 bits per heavy atom. The second-order valence-electron chi connectivity index (χ2n) is 8.65. The first-order chi connectivity index (χ1) is 16.0. The van der Waals surface area contributed by atoms with E-state index in [1.807, 2.05) is 48.7 Å². The molecular weight excluding hydrogens is 444 g/mol. The zero-order chi connectivity index (χ0) is 22.8. The summed E-state index contributed by atoms with van der Waals surface area (Å²) in [5.74, 6) is 0.465. The molecule has 0 N–H and O–H groups in total. The van der Waals surface area contributed by atoms with E-state index in [9.17, 15) is 13.2 Å². The monoisotopic (exact) mass is 472 g/mol. The van der Waals surface area contributed by atoms with Crippen LogP contribution >= 0.6 is 0 Å². The number of carbonyl (C=O) groups is 1. The van der Waals surface area contributed by atoms with Crippen LogP contribution in [0.2, 0.25) is 0 Å². The Morgan fingerprint density at radius 1 is 0.882 bits per heavy atom. The number of hydrogen-bond donors (Lipinski definition) is 0. The minimum atomic E-state index is -3.37. The standard InChI is InChI=1S/C27H24N2O3S.CH4/c30-27(15-20-3-4-23-18-29-12-9-22(23)14-20)26-16-25(26)21-5-7-24(8-6-21)33(31,32)13-10-19-2-1-11-28-17-19;/h1-9,11-12,14,17-18,25-26H,10,13,15-16H2;1H4/t25?,26-;/m1./s1. The second-order valence-corrected chi connectivity index (χ2v) is 10.8. The van der Waals surface area contributed by atoms with Crippen molar-refractivity contribution in [3.05, 3.63) is 102 Å². The molecule has 0 amide bonds. The van der Waals surface area contributed by atoms with Crippen LogP contribution in [0.1, 0.15) is 36.5 Å². The van der Waals surface area contributed by atoms with Crippen molar-refractivity contribution in [3.8, 4) is 0 Å². The molecule has 1 unspecified atom stereocenters. The van der Waals surface area contributed by atoms with Gasteiger partial charge in [-0.2, -0.15) is 0 Å². The predicted octanol–water partition coefficient (Wildman–Crippen LogP) is 5.20. The fourth-order valence-corrected chi connectivity index (χ4v) is 5.62. The molecule has 5 rings (SSSR count). The van der Waals surface area contributed by atoms with Crippen LogP contribution in [0.5, 0.6) is 0 Å². The molecule has 2 atom stereocenters. The third-order valence-electron chi connectivity index (χ3n) is 6.34. The van der Waals surface area contributed by atoms with Gasteiger partial charge in [-0.3, -0.25) is 14.8 Å². The SMILES string of the molecule is C.O=C(Cc1ccc2cnccc2c1)[C@@H]1CC1c1ccc(S(=O)(=O)CCc2cccnc2)cc1. The summed E-state index contributed by atoms with van der Waals surface area (Å²) < 4.78 is 25.4. The van der Waals surface area contributed by atoms with Crippen molar-refractivity contribution in [2.75, 3.05) is 5.75 Å². The van der Waals surface area contributed by atoms with E-state index in [2.05, 4.69) is 16.0 Å². The molecule has 0 spiro atoms. The molecule has 174 valence electrons. The number of nitrogens with zero attached hydrogens (tertiary/aromatic N) is 2. The highest BCUT2D eigenvalue weighted by Gasteiger charge is 2.43. The molecule has 5 nitrogen and oxygen atoms in total. The van der Waals surface area contributed by atoms with Gasteiger partial charge in [0.2, 0.25) is 0 Å². The number of aromatic nitrogens is 2.